The van der Waals surface area contributed by atoms with Crippen LogP contribution < -0.4 is 0 Å². The molecule has 4 fully saturated rings. The van der Waals surface area contributed by atoms with Gasteiger partial charge in [-0.3, -0.25) is 0 Å². The van der Waals surface area contributed by atoms with E-state index in [4.69, 9.17) is 0 Å². The Kier molecular flexibility index (Phi) is 3.89. The number of aliphatic hydroxyl groups excluding tert-OH is 2. The fourth-order valence-electron chi connectivity index (χ4n) is 8.07. The minimum absolute atomic E-state index is 0.0374. The third-order valence-electron chi connectivity index (χ3n) is 9.29. The molecular weight excluding hydrogens is 284 g/mol. The van der Waals surface area contributed by atoms with Gasteiger partial charge in [-0.25, -0.2) is 0 Å². The SMILES string of the molecule is CC(O)[C@H]1CC[C@H]2[C@@H]3CC[C@@H]4CC(O)CC[C@]4(C)[C@@H]3CC[C@]12C. The van der Waals surface area contributed by atoms with Crippen molar-refractivity contribution in [2.45, 2.75) is 90.8 Å². The zero-order valence-electron chi connectivity index (χ0n) is 15.3. The number of fused-ring (bicyclic) bond motifs is 5. The molecule has 0 radical (unpaired) electrons. The average molecular weight is 321 g/mol. The molecule has 2 N–H and O–H groups in total. The quantitative estimate of drug-likeness (QED) is 0.752. The molecule has 0 aliphatic heterocycles. The summed E-state index contributed by atoms with van der Waals surface area (Å²) in [5.74, 6) is 3.87. The van der Waals surface area contributed by atoms with Gasteiger partial charge in [0.15, 0.2) is 0 Å². The van der Waals surface area contributed by atoms with Crippen LogP contribution in [0.5, 0.6) is 0 Å². The van der Waals surface area contributed by atoms with Crippen molar-refractivity contribution in [3.05, 3.63) is 0 Å². The summed E-state index contributed by atoms with van der Waals surface area (Å²) in [6.07, 6.45) is 11.1. The van der Waals surface area contributed by atoms with E-state index >= 15 is 0 Å². The number of hydrogen-bond acceptors (Lipinski definition) is 2. The first-order chi connectivity index (χ1) is 10.9. The highest BCUT2D eigenvalue weighted by molar-refractivity contribution is 5.09. The van der Waals surface area contributed by atoms with Gasteiger partial charge in [-0.05, 0) is 105 Å². The lowest BCUT2D eigenvalue weighted by molar-refractivity contribution is -0.132. The maximum Gasteiger partial charge on any atom is 0.0545 e. The molecule has 23 heavy (non-hydrogen) atoms. The summed E-state index contributed by atoms with van der Waals surface area (Å²) in [7, 11) is 0. The van der Waals surface area contributed by atoms with Gasteiger partial charge in [0, 0.05) is 0 Å². The molecule has 4 rings (SSSR count). The maximum absolute atomic E-state index is 10.3. The molecule has 0 saturated heterocycles. The molecule has 2 heteroatoms. The summed E-state index contributed by atoms with van der Waals surface area (Å²) >= 11 is 0. The summed E-state index contributed by atoms with van der Waals surface area (Å²) in [6, 6.07) is 0. The Labute approximate surface area is 142 Å². The van der Waals surface area contributed by atoms with Crippen molar-refractivity contribution in [2.75, 3.05) is 0 Å². The highest BCUT2D eigenvalue weighted by atomic mass is 16.3. The second-order valence-electron chi connectivity index (χ2n) is 10.1. The van der Waals surface area contributed by atoms with Crippen molar-refractivity contribution in [3.63, 3.8) is 0 Å². The second-order valence-corrected chi connectivity index (χ2v) is 10.1. The standard InChI is InChI=1S/C21H36O2/c1-13(22)17-6-7-18-16-5-4-14-12-15(23)8-10-20(14,2)19(16)9-11-21(17,18)3/h13-19,22-23H,4-12H2,1-3H3/t13?,14-,15?,16+,17-,18+,19-,20+,21-/m1/s1. The van der Waals surface area contributed by atoms with Crippen LogP contribution in [-0.4, -0.2) is 22.4 Å². The normalized spacial score (nSPS) is 57.3. The van der Waals surface area contributed by atoms with Gasteiger partial charge in [0.2, 0.25) is 0 Å². The number of aliphatic hydroxyl groups is 2. The molecule has 0 aromatic carbocycles. The van der Waals surface area contributed by atoms with Gasteiger partial charge >= 0.3 is 0 Å². The summed E-state index contributed by atoms with van der Waals surface area (Å²) < 4.78 is 0. The monoisotopic (exact) mass is 320 g/mol. The fraction of sp³-hybridized carbons (Fsp3) is 1.00. The zero-order chi connectivity index (χ0) is 16.4. The predicted octanol–water partition coefficient (Wildman–Crippen LogP) is 4.39. The lowest BCUT2D eigenvalue weighted by Crippen LogP contribution is -2.54. The molecule has 4 saturated carbocycles. The molecule has 9 atom stereocenters. The summed E-state index contributed by atoms with van der Waals surface area (Å²) in [5.41, 5.74) is 0.860. The van der Waals surface area contributed by atoms with Crippen LogP contribution >= 0.6 is 0 Å². The van der Waals surface area contributed by atoms with E-state index in [0.29, 0.717) is 16.7 Å². The highest BCUT2D eigenvalue weighted by Crippen LogP contribution is 2.67. The Balaban J connectivity index is 1.60. The fourth-order valence-corrected chi connectivity index (χ4v) is 8.07. The number of hydrogen-bond donors (Lipinski definition) is 2. The molecule has 132 valence electrons. The van der Waals surface area contributed by atoms with Crippen molar-refractivity contribution in [2.24, 2.45) is 40.4 Å². The van der Waals surface area contributed by atoms with Gasteiger partial charge in [0.1, 0.15) is 0 Å². The minimum atomic E-state index is -0.140. The smallest absolute Gasteiger partial charge is 0.0545 e. The Morgan fingerprint density at radius 1 is 0.870 bits per heavy atom. The van der Waals surface area contributed by atoms with Gasteiger partial charge in [0.25, 0.3) is 0 Å². The van der Waals surface area contributed by atoms with Crippen molar-refractivity contribution < 1.29 is 10.2 Å². The molecule has 0 amide bonds. The second kappa shape index (κ2) is 5.46. The van der Waals surface area contributed by atoms with Gasteiger partial charge < -0.3 is 10.2 Å². The first kappa shape index (κ1) is 16.4. The van der Waals surface area contributed by atoms with Crippen LogP contribution in [0.4, 0.5) is 0 Å². The van der Waals surface area contributed by atoms with Crippen LogP contribution in [-0.2, 0) is 0 Å². The van der Waals surface area contributed by atoms with E-state index in [2.05, 4.69) is 13.8 Å². The van der Waals surface area contributed by atoms with E-state index in [1.807, 2.05) is 6.92 Å². The van der Waals surface area contributed by atoms with Gasteiger partial charge in [-0.15, -0.1) is 0 Å². The molecule has 0 heterocycles. The third kappa shape index (κ3) is 2.27. The molecule has 2 unspecified atom stereocenters. The van der Waals surface area contributed by atoms with Crippen molar-refractivity contribution in [3.8, 4) is 0 Å². The van der Waals surface area contributed by atoms with E-state index in [1.165, 1.54) is 44.9 Å². The van der Waals surface area contributed by atoms with Crippen LogP contribution in [0.2, 0.25) is 0 Å². The van der Waals surface area contributed by atoms with Crippen LogP contribution in [0.3, 0.4) is 0 Å². The van der Waals surface area contributed by atoms with Gasteiger partial charge in [-0.2, -0.15) is 0 Å². The average Bonchev–Trinajstić information content (AvgIpc) is 2.85. The van der Waals surface area contributed by atoms with Crippen molar-refractivity contribution in [1.29, 1.82) is 0 Å². The lowest BCUT2D eigenvalue weighted by Gasteiger charge is -2.61. The summed E-state index contributed by atoms with van der Waals surface area (Å²) in [5, 5.41) is 20.4. The maximum atomic E-state index is 10.3. The minimum Gasteiger partial charge on any atom is -0.393 e. The third-order valence-corrected chi connectivity index (χ3v) is 9.29. The number of rotatable bonds is 1. The van der Waals surface area contributed by atoms with Crippen LogP contribution in [0.25, 0.3) is 0 Å². The van der Waals surface area contributed by atoms with Gasteiger partial charge in [-0.1, -0.05) is 13.8 Å². The largest absolute Gasteiger partial charge is 0.393 e. The molecule has 0 aromatic rings. The molecule has 2 nitrogen and oxygen atoms in total. The van der Waals surface area contributed by atoms with Crippen LogP contribution in [0.15, 0.2) is 0 Å². The van der Waals surface area contributed by atoms with Crippen molar-refractivity contribution >= 4 is 0 Å². The Hall–Kier alpha value is -0.0800. The van der Waals surface area contributed by atoms with E-state index in [0.717, 1.165) is 36.5 Å². The molecule has 4 aliphatic rings. The molecule has 0 spiro atoms. The van der Waals surface area contributed by atoms with Crippen LogP contribution in [0.1, 0.15) is 78.6 Å². The summed E-state index contributed by atoms with van der Waals surface area (Å²) in [6.45, 7) is 7.08. The van der Waals surface area contributed by atoms with E-state index in [9.17, 15) is 10.2 Å². The van der Waals surface area contributed by atoms with E-state index in [-0.39, 0.29) is 12.2 Å². The first-order valence-electron chi connectivity index (χ1n) is 10.2. The topological polar surface area (TPSA) is 40.5 Å². The predicted molar refractivity (Wildman–Crippen MR) is 92.9 cm³/mol. The Morgan fingerprint density at radius 3 is 2.30 bits per heavy atom. The highest BCUT2D eigenvalue weighted by Gasteiger charge is 2.60. The van der Waals surface area contributed by atoms with Gasteiger partial charge in [0.05, 0.1) is 12.2 Å². The van der Waals surface area contributed by atoms with E-state index < -0.39 is 0 Å². The molecule has 0 aromatic heterocycles. The zero-order valence-corrected chi connectivity index (χ0v) is 15.3. The van der Waals surface area contributed by atoms with Crippen LogP contribution in [0, 0.1) is 40.4 Å². The Morgan fingerprint density at radius 2 is 1.57 bits per heavy atom. The summed E-state index contributed by atoms with van der Waals surface area (Å²) in [4.78, 5) is 0. The Bertz CT molecular complexity index is 461. The first-order valence-corrected chi connectivity index (χ1v) is 10.2. The lowest BCUT2D eigenvalue weighted by atomic mass is 9.44. The molecule has 4 aliphatic carbocycles. The molecular formula is C21H36O2. The van der Waals surface area contributed by atoms with E-state index in [1.54, 1.807) is 0 Å². The van der Waals surface area contributed by atoms with Crippen molar-refractivity contribution in [1.82, 2.24) is 0 Å². The molecule has 0 bridgehead atoms.